The summed E-state index contributed by atoms with van der Waals surface area (Å²) in [5.41, 5.74) is 2.89. The van der Waals surface area contributed by atoms with Crippen LogP contribution in [-0.2, 0) is 27.3 Å². The number of phenolic OH excluding ortho intramolecular Hbond substituents is 1. The third-order valence-electron chi connectivity index (χ3n) is 9.36. The van der Waals surface area contributed by atoms with Gasteiger partial charge in [0.25, 0.3) is 5.91 Å². The number of fused-ring (bicyclic) bond motifs is 3. The predicted octanol–water partition coefficient (Wildman–Crippen LogP) is 1.39. The second-order valence-electron chi connectivity index (χ2n) is 12.0. The first-order valence-electron chi connectivity index (χ1n) is 13.6. The molecule has 0 aromatic heterocycles. The molecule has 1 aromatic carbocycles. The van der Waals surface area contributed by atoms with Crippen molar-refractivity contribution in [1.82, 2.24) is 10.2 Å². The van der Waals surface area contributed by atoms with Gasteiger partial charge in [-0.05, 0) is 58.7 Å². The van der Waals surface area contributed by atoms with Gasteiger partial charge in [-0.3, -0.25) is 19.3 Å². The number of likely N-dealkylation sites (N-methyl/N-ethyl adjacent to an activating group) is 1. The molecule has 11 heteroatoms. The van der Waals surface area contributed by atoms with Gasteiger partial charge >= 0.3 is 0 Å². The van der Waals surface area contributed by atoms with Crippen molar-refractivity contribution in [3.63, 3.8) is 0 Å². The summed E-state index contributed by atoms with van der Waals surface area (Å²) in [5, 5.41) is 48.7. The van der Waals surface area contributed by atoms with Crippen LogP contribution in [0.2, 0.25) is 0 Å². The summed E-state index contributed by atoms with van der Waals surface area (Å²) in [6, 6.07) is 0.366. The molecule has 7 N–H and O–H groups in total. The zero-order valence-electron chi connectivity index (χ0n) is 23.2. The molecule has 40 heavy (non-hydrogen) atoms. The van der Waals surface area contributed by atoms with E-state index in [1.54, 1.807) is 14.1 Å². The van der Waals surface area contributed by atoms with E-state index >= 15 is 0 Å². The molecule has 2 fully saturated rings. The van der Waals surface area contributed by atoms with Crippen LogP contribution in [0.25, 0.3) is 5.76 Å². The van der Waals surface area contributed by atoms with Crippen LogP contribution in [0.15, 0.2) is 23.0 Å². The standard InChI is InChI=1S/C29H37N3O8/c1-28(7-5-6-8-28)31-12-14-11-17(33)19-15(24(14)40-4)9-13-10-16-21(32(2)3)23(35)20(27(30)38)26(37)29(16,39)25(36)18(13)22(19)34/h11,13,16,21,31,33-34,37,39H,5-10,12H2,1-4H3,(H2,30,38)/t13-,16-,21-,29-/m0/s1. The third-order valence-corrected chi connectivity index (χ3v) is 9.36. The van der Waals surface area contributed by atoms with Crippen molar-refractivity contribution < 1.29 is 39.5 Å². The Morgan fingerprint density at radius 2 is 1.85 bits per heavy atom. The minimum absolute atomic E-state index is 0.0176. The third kappa shape index (κ3) is 3.93. The van der Waals surface area contributed by atoms with Crippen molar-refractivity contribution in [1.29, 1.82) is 0 Å². The number of hydrogen-bond acceptors (Lipinski definition) is 10. The van der Waals surface area contributed by atoms with E-state index in [9.17, 15) is 34.8 Å². The number of aromatic hydroxyl groups is 1. The summed E-state index contributed by atoms with van der Waals surface area (Å²) in [6.07, 6.45) is 4.56. The number of methoxy groups -OCH3 is 1. The Hall–Kier alpha value is -3.41. The average Bonchev–Trinajstić information content (AvgIpc) is 3.31. The van der Waals surface area contributed by atoms with Gasteiger partial charge in [0.15, 0.2) is 11.4 Å². The lowest BCUT2D eigenvalue weighted by atomic mass is 9.57. The first-order valence-corrected chi connectivity index (χ1v) is 13.6. The lowest BCUT2D eigenvalue weighted by molar-refractivity contribution is -0.153. The van der Waals surface area contributed by atoms with Crippen molar-refractivity contribution in [3.8, 4) is 11.5 Å². The van der Waals surface area contributed by atoms with Gasteiger partial charge < -0.3 is 36.2 Å². The lowest BCUT2D eigenvalue weighted by Crippen LogP contribution is -2.65. The van der Waals surface area contributed by atoms with Crippen LogP contribution in [-0.4, -0.2) is 81.2 Å². The molecule has 0 radical (unpaired) electrons. The molecule has 0 saturated heterocycles. The molecule has 4 atom stereocenters. The largest absolute Gasteiger partial charge is 0.508 e. The highest BCUT2D eigenvalue weighted by Crippen LogP contribution is 2.54. The van der Waals surface area contributed by atoms with Crippen molar-refractivity contribution >= 4 is 23.2 Å². The first-order chi connectivity index (χ1) is 18.8. The van der Waals surface area contributed by atoms with Crippen LogP contribution in [0.3, 0.4) is 0 Å². The van der Waals surface area contributed by atoms with E-state index in [0.29, 0.717) is 23.4 Å². The average molecular weight is 556 g/mol. The summed E-state index contributed by atoms with van der Waals surface area (Å²) in [5.74, 6) is -6.29. The Morgan fingerprint density at radius 3 is 2.42 bits per heavy atom. The zero-order valence-corrected chi connectivity index (χ0v) is 23.2. The number of amides is 1. The number of rotatable bonds is 6. The fourth-order valence-corrected chi connectivity index (χ4v) is 7.38. The van der Waals surface area contributed by atoms with E-state index in [4.69, 9.17) is 10.5 Å². The Bertz CT molecular complexity index is 1370. The quantitative estimate of drug-likeness (QED) is 0.281. The van der Waals surface area contributed by atoms with E-state index in [1.807, 2.05) is 0 Å². The summed E-state index contributed by atoms with van der Waals surface area (Å²) < 4.78 is 5.78. The fraction of sp³-hybridized carbons (Fsp3) is 0.552. The van der Waals surface area contributed by atoms with Crippen LogP contribution in [0.5, 0.6) is 11.5 Å². The molecule has 0 spiro atoms. The highest BCUT2D eigenvalue weighted by molar-refractivity contribution is 6.24. The fourth-order valence-electron chi connectivity index (χ4n) is 7.38. The van der Waals surface area contributed by atoms with E-state index in [1.165, 1.54) is 18.1 Å². The first kappa shape index (κ1) is 28.1. The Labute approximate surface area is 232 Å². The Kier molecular flexibility index (Phi) is 6.75. The number of carbonyl (C=O) groups is 3. The highest BCUT2D eigenvalue weighted by Gasteiger charge is 2.64. The van der Waals surface area contributed by atoms with Gasteiger partial charge in [-0.1, -0.05) is 12.8 Å². The molecule has 0 aliphatic heterocycles. The number of ketones is 2. The van der Waals surface area contributed by atoms with E-state index in [2.05, 4.69) is 12.2 Å². The summed E-state index contributed by atoms with van der Waals surface area (Å²) in [4.78, 5) is 40.8. The van der Waals surface area contributed by atoms with Crippen LogP contribution < -0.4 is 15.8 Å². The lowest BCUT2D eigenvalue weighted by Gasteiger charge is -2.50. The molecule has 1 aromatic rings. The minimum Gasteiger partial charge on any atom is -0.508 e. The number of ether oxygens (including phenoxy) is 1. The molecule has 4 aliphatic rings. The SMILES string of the molecule is COc1c(CNC2(C)CCCC2)cc(O)c2c1C[C@H]1C[C@H]3[C@H](N(C)C)C(=O)C(C(N)=O)=C(O)[C@@]3(O)C(=O)C1=C2O. The smallest absolute Gasteiger partial charge is 0.255 e. The molecule has 11 nitrogen and oxygen atoms in total. The van der Waals surface area contributed by atoms with E-state index < -0.39 is 58.0 Å². The molecule has 216 valence electrons. The van der Waals surface area contributed by atoms with Crippen molar-refractivity contribution in [3.05, 3.63) is 39.7 Å². The highest BCUT2D eigenvalue weighted by atomic mass is 16.5. The number of carbonyl (C=O) groups excluding carboxylic acids is 3. The normalized spacial score (nSPS) is 29.4. The maximum atomic E-state index is 13.9. The summed E-state index contributed by atoms with van der Waals surface area (Å²) in [6.45, 7) is 2.59. The molecular weight excluding hydrogens is 518 g/mol. The number of hydrogen-bond donors (Lipinski definition) is 6. The number of phenols is 1. The number of aliphatic hydroxyl groups is 3. The maximum absolute atomic E-state index is 13.9. The van der Waals surface area contributed by atoms with Crippen LogP contribution in [0.4, 0.5) is 0 Å². The van der Waals surface area contributed by atoms with Crippen LogP contribution >= 0.6 is 0 Å². The number of nitrogens with one attached hydrogen (secondary N) is 1. The predicted molar refractivity (Wildman–Crippen MR) is 145 cm³/mol. The van der Waals surface area contributed by atoms with Crippen molar-refractivity contribution in [2.24, 2.45) is 17.6 Å². The second kappa shape index (κ2) is 9.60. The van der Waals surface area contributed by atoms with Crippen LogP contribution in [0.1, 0.15) is 55.7 Å². The van der Waals surface area contributed by atoms with Gasteiger partial charge in [-0.25, -0.2) is 0 Å². The van der Waals surface area contributed by atoms with Gasteiger partial charge in [-0.2, -0.15) is 0 Å². The number of nitrogens with zero attached hydrogens (tertiary/aromatic N) is 1. The van der Waals surface area contributed by atoms with E-state index in [0.717, 1.165) is 25.7 Å². The second-order valence-corrected chi connectivity index (χ2v) is 12.0. The summed E-state index contributed by atoms with van der Waals surface area (Å²) in [7, 11) is 4.64. The topological polar surface area (TPSA) is 183 Å². The molecule has 2 saturated carbocycles. The Balaban J connectivity index is 1.63. The minimum atomic E-state index is -2.66. The molecule has 1 amide bonds. The maximum Gasteiger partial charge on any atom is 0.255 e. The van der Waals surface area contributed by atoms with Gasteiger partial charge in [0, 0.05) is 34.7 Å². The molecule has 5 rings (SSSR count). The van der Waals surface area contributed by atoms with Gasteiger partial charge in [0.2, 0.25) is 5.78 Å². The van der Waals surface area contributed by atoms with Gasteiger partial charge in [0.1, 0.15) is 28.6 Å². The number of Topliss-reactive ketones (excluding diaryl/α,β-unsaturated/α-hetero) is 2. The van der Waals surface area contributed by atoms with Gasteiger partial charge in [0.05, 0.1) is 18.7 Å². The van der Waals surface area contributed by atoms with Gasteiger partial charge in [-0.15, -0.1) is 0 Å². The van der Waals surface area contributed by atoms with Crippen molar-refractivity contribution in [2.45, 2.75) is 69.2 Å². The zero-order chi connectivity index (χ0) is 29.3. The van der Waals surface area contributed by atoms with E-state index in [-0.39, 0.29) is 35.3 Å². The Morgan fingerprint density at radius 1 is 1.20 bits per heavy atom. The van der Waals surface area contributed by atoms with Crippen molar-refractivity contribution in [2.75, 3.05) is 21.2 Å². The monoisotopic (exact) mass is 555 g/mol. The molecule has 4 aliphatic carbocycles. The number of benzene rings is 1. The molecule has 0 bridgehead atoms. The number of nitrogens with two attached hydrogens (primary N) is 1. The number of primary amides is 1. The summed E-state index contributed by atoms with van der Waals surface area (Å²) >= 11 is 0. The molecular formula is C29H37N3O8. The van der Waals surface area contributed by atoms with Crippen LogP contribution in [0, 0.1) is 11.8 Å². The molecule has 0 unspecified atom stereocenters. The molecule has 0 heterocycles. The number of aliphatic hydroxyl groups excluding tert-OH is 2.